The highest BCUT2D eigenvalue weighted by Gasteiger charge is 2.03. The molecule has 5 N–H and O–H groups in total. The molecule has 0 saturated heterocycles. The van der Waals surface area contributed by atoms with Crippen LogP contribution in [0, 0.1) is 0 Å². The number of rotatable bonds is 3. The lowest BCUT2D eigenvalue weighted by Crippen LogP contribution is -1.85. The molecule has 6 heteroatoms. The lowest BCUT2D eigenvalue weighted by molar-refractivity contribution is 0.278. The fourth-order valence-corrected chi connectivity index (χ4v) is 0.632. The summed E-state index contributed by atoms with van der Waals surface area (Å²) in [5, 5.41) is 0. The van der Waals surface area contributed by atoms with Gasteiger partial charge in [0.05, 0.1) is 6.61 Å². The average molecular weight is 171 g/mol. The Morgan fingerprint density at radius 1 is 1.67 bits per heavy atom. The van der Waals surface area contributed by atoms with Gasteiger partial charge in [0.1, 0.15) is 0 Å². The van der Waals surface area contributed by atoms with Gasteiger partial charge in [-0.3, -0.25) is 0 Å². The molecule has 0 atom stereocenters. The topological polar surface area (TPSA) is 84.7 Å². The molecule has 0 aromatic carbocycles. The summed E-state index contributed by atoms with van der Waals surface area (Å²) < 4.78 is 4.30. The maximum absolute atomic E-state index is 8.36. The molecule has 0 aliphatic rings. The molecule has 0 amide bonds. The van der Waals surface area contributed by atoms with Crippen LogP contribution in [0.2, 0.25) is 0 Å². The molecule has 0 heterocycles. The molecular formula is C3H10NO3PS. The average Bonchev–Trinajstić information content (AvgIpc) is 1.59. The summed E-state index contributed by atoms with van der Waals surface area (Å²) in [5.41, 5.74) is 0. The minimum atomic E-state index is -3.42. The van der Waals surface area contributed by atoms with Crippen molar-refractivity contribution in [3.63, 3.8) is 0 Å². The van der Waals surface area contributed by atoms with Crippen molar-refractivity contribution in [3.8, 4) is 0 Å². The van der Waals surface area contributed by atoms with Crippen LogP contribution in [0.15, 0.2) is 12.7 Å². The summed E-state index contributed by atoms with van der Waals surface area (Å²) in [7, 11) is 0. The van der Waals surface area contributed by atoms with Crippen LogP contribution in [-0.4, -0.2) is 16.4 Å². The SMILES string of the molecule is C=CCOP(O)(O)=S.N. The second-order valence-electron chi connectivity index (χ2n) is 1.08. The molecule has 0 unspecified atom stereocenters. The van der Waals surface area contributed by atoms with Crippen LogP contribution in [0.25, 0.3) is 0 Å². The fourth-order valence-electron chi connectivity index (χ4n) is 0.150. The van der Waals surface area contributed by atoms with Crippen LogP contribution in [0.1, 0.15) is 0 Å². The Labute approximate surface area is 59.0 Å². The van der Waals surface area contributed by atoms with Crippen LogP contribution in [0.3, 0.4) is 0 Å². The Hall–Kier alpha value is 0.230. The third-order valence-electron chi connectivity index (χ3n) is 0.361. The number of hydrogen-bond acceptors (Lipinski definition) is 3. The van der Waals surface area contributed by atoms with Crippen molar-refractivity contribution in [2.24, 2.45) is 0 Å². The maximum atomic E-state index is 8.36. The Balaban J connectivity index is 0. The summed E-state index contributed by atoms with van der Waals surface area (Å²) >= 11 is 4.10. The van der Waals surface area contributed by atoms with Crippen molar-refractivity contribution < 1.29 is 14.3 Å². The highest BCUT2D eigenvalue weighted by Crippen LogP contribution is 2.35. The molecule has 0 aliphatic carbocycles. The molecule has 0 bridgehead atoms. The Kier molecular flexibility index (Phi) is 6.71. The first-order valence-corrected chi connectivity index (χ1v) is 4.50. The third-order valence-corrected chi connectivity index (χ3v) is 1.16. The monoisotopic (exact) mass is 171 g/mol. The first-order valence-electron chi connectivity index (χ1n) is 1.87. The molecule has 0 fully saturated rings. The van der Waals surface area contributed by atoms with Gasteiger partial charge in [-0.15, -0.1) is 6.58 Å². The second-order valence-corrected chi connectivity index (χ2v) is 3.74. The summed E-state index contributed by atoms with van der Waals surface area (Å²) in [6, 6.07) is 0. The summed E-state index contributed by atoms with van der Waals surface area (Å²) in [4.78, 5) is 16.7. The predicted octanol–water partition coefficient (Wildman–Crippen LogP) is 0.560. The molecule has 4 nitrogen and oxygen atoms in total. The normalized spacial score (nSPS) is 10.0. The quantitative estimate of drug-likeness (QED) is 0.426. The van der Waals surface area contributed by atoms with Gasteiger partial charge in [0.2, 0.25) is 0 Å². The highest BCUT2D eigenvalue weighted by molar-refractivity contribution is 8.06. The minimum absolute atomic E-state index is 0. The first kappa shape index (κ1) is 12.0. The predicted molar refractivity (Wildman–Crippen MR) is 39.9 cm³/mol. The van der Waals surface area contributed by atoms with E-state index in [1.165, 1.54) is 6.08 Å². The van der Waals surface area contributed by atoms with Gasteiger partial charge in [-0.25, -0.2) is 0 Å². The Morgan fingerprint density at radius 2 is 2.11 bits per heavy atom. The Morgan fingerprint density at radius 3 is 2.22 bits per heavy atom. The van der Waals surface area contributed by atoms with Crippen molar-refractivity contribution in [2.45, 2.75) is 0 Å². The lowest BCUT2D eigenvalue weighted by Gasteiger charge is -2.03. The largest absolute Gasteiger partial charge is 0.344 e. The van der Waals surface area contributed by atoms with Gasteiger partial charge in [-0.2, -0.15) is 0 Å². The van der Waals surface area contributed by atoms with Crippen LogP contribution < -0.4 is 6.15 Å². The van der Waals surface area contributed by atoms with E-state index in [2.05, 4.69) is 22.9 Å². The molecule has 9 heavy (non-hydrogen) atoms. The zero-order chi connectivity index (χ0) is 6.62. The minimum Gasteiger partial charge on any atom is -0.344 e. The molecule has 0 aliphatic heterocycles. The molecular weight excluding hydrogens is 161 g/mol. The van der Waals surface area contributed by atoms with E-state index >= 15 is 0 Å². The van der Waals surface area contributed by atoms with Gasteiger partial charge < -0.3 is 20.5 Å². The van der Waals surface area contributed by atoms with Crippen LogP contribution >= 0.6 is 6.72 Å². The van der Waals surface area contributed by atoms with E-state index in [0.29, 0.717) is 0 Å². The third kappa shape index (κ3) is 11.7. The van der Waals surface area contributed by atoms with Gasteiger partial charge in [-0.05, 0) is 11.8 Å². The van der Waals surface area contributed by atoms with E-state index in [1.807, 2.05) is 0 Å². The van der Waals surface area contributed by atoms with Crippen LogP contribution in [-0.2, 0) is 16.3 Å². The van der Waals surface area contributed by atoms with Gasteiger partial charge in [0.25, 0.3) is 0 Å². The summed E-state index contributed by atoms with van der Waals surface area (Å²) in [6.45, 7) is -0.0446. The molecule has 0 spiro atoms. The smallest absolute Gasteiger partial charge is 0.322 e. The summed E-state index contributed by atoms with van der Waals surface area (Å²) in [5.74, 6) is 0. The first-order chi connectivity index (χ1) is 3.56. The molecule has 0 saturated carbocycles. The lowest BCUT2D eigenvalue weighted by atomic mass is 10.7. The fraction of sp³-hybridized carbons (Fsp3) is 0.333. The van der Waals surface area contributed by atoms with Crippen molar-refractivity contribution in [2.75, 3.05) is 6.61 Å². The van der Waals surface area contributed by atoms with Crippen molar-refractivity contribution in [1.82, 2.24) is 6.15 Å². The van der Waals surface area contributed by atoms with Crippen LogP contribution in [0.4, 0.5) is 0 Å². The van der Waals surface area contributed by atoms with Gasteiger partial charge >= 0.3 is 6.72 Å². The maximum Gasteiger partial charge on any atom is 0.322 e. The van der Waals surface area contributed by atoms with Crippen molar-refractivity contribution in [1.29, 1.82) is 0 Å². The van der Waals surface area contributed by atoms with E-state index in [1.54, 1.807) is 0 Å². The zero-order valence-corrected chi connectivity index (χ0v) is 6.57. The number of hydrogen-bond donors (Lipinski definition) is 3. The van der Waals surface area contributed by atoms with Gasteiger partial charge in [0, 0.05) is 0 Å². The van der Waals surface area contributed by atoms with Gasteiger partial charge in [-0.1, -0.05) is 6.08 Å². The molecule has 0 aromatic rings. The van der Waals surface area contributed by atoms with E-state index < -0.39 is 6.72 Å². The standard InChI is InChI=1S/C3H7O3PS.H3N/c1-2-3-6-7(4,5)8;/h2H,1,3H2,(H2,4,5,8);1H3. The van der Waals surface area contributed by atoms with Crippen molar-refractivity contribution >= 4 is 18.5 Å². The Bertz CT molecular complexity index is 122. The summed E-state index contributed by atoms with van der Waals surface area (Å²) in [6.07, 6.45) is 1.40. The second kappa shape index (κ2) is 5.05. The van der Waals surface area contributed by atoms with E-state index in [-0.39, 0.29) is 12.8 Å². The van der Waals surface area contributed by atoms with Gasteiger partial charge in [0.15, 0.2) is 0 Å². The highest BCUT2D eigenvalue weighted by atomic mass is 32.5. The van der Waals surface area contributed by atoms with E-state index in [4.69, 9.17) is 9.79 Å². The molecule has 0 rings (SSSR count). The van der Waals surface area contributed by atoms with E-state index in [0.717, 1.165) is 0 Å². The molecule has 56 valence electrons. The zero-order valence-electron chi connectivity index (χ0n) is 4.86. The van der Waals surface area contributed by atoms with E-state index in [9.17, 15) is 0 Å². The molecule has 0 radical (unpaired) electrons. The molecule has 0 aromatic heterocycles. The van der Waals surface area contributed by atoms with Crippen molar-refractivity contribution in [3.05, 3.63) is 12.7 Å². The van der Waals surface area contributed by atoms with Crippen LogP contribution in [0.5, 0.6) is 0 Å².